The van der Waals surface area contributed by atoms with Crippen molar-refractivity contribution in [2.75, 3.05) is 18.4 Å². The lowest BCUT2D eigenvalue weighted by molar-refractivity contribution is 0.0951. The minimum Gasteiger partial charge on any atom is -0.367 e. The fourth-order valence-corrected chi connectivity index (χ4v) is 3.45. The van der Waals surface area contributed by atoms with Crippen LogP contribution >= 0.6 is 11.5 Å². The van der Waals surface area contributed by atoms with Gasteiger partial charge < -0.3 is 15.6 Å². The molecule has 2 aromatic heterocycles. The summed E-state index contributed by atoms with van der Waals surface area (Å²) >= 11 is 1.44. The molecule has 0 atom stereocenters. The van der Waals surface area contributed by atoms with Crippen molar-refractivity contribution in [1.82, 2.24) is 14.7 Å². The van der Waals surface area contributed by atoms with Crippen LogP contribution in [0, 0.1) is 5.82 Å². The minimum absolute atomic E-state index is 0.221. The monoisotopic (exact) mass is 354 g/mol. The molecule has 0 saturated heterocycles. The van der Waals surface area contributed by atoms with Crippen molar-refractivity contribution in [3.63, 3.8) is 0 Å². The topological polar surface area (TPSA) is 69.8 Å². The van der Waals surface area contributed by atoms with E-state index in [4.69, 9.17) is 0 Å². The Morgan fingerprint density at radius 2 is 2.04 bits per heavy atom. The van der Waals surface area contributed by atoms with Crippen LogP contribution in [0.15, 0.2) is 48.5 Å². The highest BCUT2D eigenvalue weighted by atomic mass is 32.1. The lowest BCUT2D eigenvalue weighted by Crippen LogP contribution is -2.29. The zero-order valence-corrected chi connectivity index (χ0v) is 14.0. The van der Waals surface area contributed by atoms with Crippen LogP contribution in [0.2, 0.25) is 0 Å². The smallest absolute Gasteiger partial charge is 0.267 e. The van der Waals surface area contributed by atoms with Crippen molar-refractivity contribution < 1.29 is 9.18 Å². The molecule has 0 unspecified atom stereocenters. The molecular weight excluding hydrogens is 339 g/mol. The summed E-state index contributed by atoms with van der Waals surface area (Å²) in [6.45, 7) is 1.02. The Kier molecular flexibility index (Phi) is 4.07. The highest BCUT2D eigenvalue weighted by molar-refractivity contribution is 7.13. The maximum absolute atomic E-state index is 13.2. The Morgan fingerprint density at radius 3 is 2.96 bits per heavy atom. The fourth-order valence-electron chi connectivity index (χ4n) is 2.69. The highest BCUT2D eigenvalue weighted by Crippen LogP contribution is 2.25. The molecule has 7 heteroatoms. The number of anilines is 1. The van der Waals surface area contributed by atoms with E-state index >= 15 is 0 Å². The summed E-state index contributed by atoms with van der Waals surface area (Å²) in [6.07, 6.45) is 0. The average molecular weight is 354 g/mol. The minimum atomic E-state index is -0.321. The Balaban J connectivity index is 1.35. The van der Waals surface area contributed by atoms with Gasteiger partial charge in [0.15, 0.2) is 0 Å². The molecule has 0 bridgehead atoms. The third-order valence-electron chi connectivity index (χ3n) is 3.91. The molecule has 5 nitrogen and oxygen atoms in total. The van der Waals surface area contributed by atoms with E-state index in [1.165, 1.54) is 23.7 Å². The molecule has 3 N–H and O–H groups in total. The number of H-pyrrole nitrogens is 1. The number of aromatic amines is 1. The standard InChI is InChI=1S/C18H15FN4OS/c19-12-5-6-14-11(9-12)10-15(22-14)18(24)21-8-7-20-17-13-3-1-2-4-16(13)25-23-17/h1-6,9-10,22H,7-8H2,(H,20,23)(H,21,24). The SMILES string of the molecule is O=C(NCCNc1nsc2ccccc12)c1cc2cc(F)ccc2[nH]1. The van der Waals surface area contributed by atoms with Gasteiger partial charge in [-0.2, -0.15) is 4.37 Å². The van der Waals surface area contributed by atoms with Crippen molar-refractivity contribution in [1.29, 1.82) is 0 Å². The number of amides is 1. The molecular formula is C18H15FN4OS. The van der Waals surface area contributed by atoms with E-state index in [2.05, 4.69) is 20.0 Å². The largest absolute Gasteiger partial charge is 0.367 e. The van der Waals surface area contributed by atoms with Crippen LogP contribution in [0.1, 0.15) is 10.5 Å². The van der Waals surface area contributed by atoms with Crippen LogP contribution in [-0.2, 0) is 0 Å². The summed E-state index contributed by atoms with van der Waals surface area (Å²) in [5.74, 6) is 0.288. The number of carbonyl (C=O) groups is 1. The van der Waals surface area contributed by atoms with Crippen molar-refractivity contribution >= 4 is 44.2 Å². The molecule has 2 heterocycles. The fraction of sp³-hybridized carbons (Fsp3) is 0.111. The van der Waals surface area contributed by atoms with E-state index in [0.29, 0.717) is 24.2 Å². The Morgan fingerprint density at radius 1 is 1.16 bits per heavy atom. The second-order valence-corrected chi connectivity index (χ2v) is 6.43. The number of benzene rings is 2. The molecule has 0 aliphatic carbocycles. The number of nitrogens with one attached hydrogen (secondary N) is 3. The molecule has 4 aromatic rings. The summed E-state index contributed by atoms with van der Waals surface area (Å²) in [7, 11) is 0. The zero-order chi connectivity index (χ0) is 17.2. The molecule has 0 fully saturated rings. The van der Waals surface area contributed by atoms with Gasteiger partial charge in [-0.1, -0.05) is 12.1 Å². The first-order valence-electron chi connectivity index (χ1n) is 7.85. The predicted molar refractivity (Wildman–Crippen MR) is 98.7 cm³/mol. The average Bonchev–Trinajstić information content (AvgIpc) is 3.22. The van der Waals surface area contributed by atoms with Crippen molar-refractivity contribution in [2.45, 2.75) is 0 Å². The highest BCUT2D eigenvalue weighted by Gasteiger charge is 2.10. The summed E-state index contributed by atoms with van der Waals surface area (Å²) in [6, 6.07) is 14.0. The first-order valence-corrected chi connectivity index (χ1v) is 8.63. The molecule has 2 aromatic carbocycles. The van der Waals surface area contributed by atoms with Crippen molar-refractivity contribution in [3.8, 4) is 0 Å². The molecule has 0 radical (unpaired) electrons. The number of carbonyl (C=O) groups excluding carboxylic acids is 1. The molecule has 1 amide bonds. The Labute approximate surface area is 147 Å². The number of nitrogens with zero attached hydrogens (tertiary/aromatic N) is 1. The molecule has 126 valence electrons. The number of halogens is 1. The third-order valence-corrected chi connectivity index (χ3v) is 4.73. The molecule has 0 spiro atoms. The maximum atomic E-state index is 13.2. The van der Waals surface area contributed by atoms with Gasteiger partial charge >= 0.3 is 0 Å². The van der Waals surface area contributed by atoms with Gasteiger partial charge in [-0.3, -0.25) is 4.79 Å². The van der Waals surface area contributed by atoms with Crippen molar-refractivity contribution in [3.05, 3.63) is 60.0 Å². The van der Waals surface area contributed by atoms with Crippen molar-refractivity contribution in [2.24, 2.45) is 0 Å². The maximum Gasteiger partial charge on any atom is 0.267 e. The first kappa shape index (κ1) is 15.6. The summed E-state index contributed by atoms with van der Waals surface area (Å²) in [5, 5.41) is 7.83. The lowest BCUT2D eigenvalue weighted by Gasteiger charge is -2.05. The quantitative estimate of drug-likeness (QED) is 0.478. The number of aromatic nitrogens is 2. The Hall–Kier alpha value is -2.93. The Bertz CT molecular complexity index is 1060. The number of rotatable bonds is 5. The number of hydrogen-bond donors (Lipinski definition) is 3. The lowest BCUT2D eigenvalue weighted by atomic mass is 10.2. The van der Waals surface area contributed by atoms with E-state index in [-0.39, 0.29) is 11.7 Å². The van der Waals surface area contributed by atoms with Gasteiger partial charge in [-0.25, -0.2) is 4.39 Å². The van der Waals surface area contributed by atoms with E-state index in [1.54, 1.807) is 12.1 Å². The van der Waals surface area contributed by atoms with E-state index in [9.17, 15) is 9.18 Å². The van der Waals surface area contributed by atoms with Crippen LogP contribution in [0.5, 0.6) is 0 Å². The summed E-state index contributed by atoms with van der Waals surface area (Å²) in [4.78, 5) is 15.2. The summed E-state index contributed by atoms with van der Waals surface area (Å²) < 4.78 is 18.7. The van der Waals surface area contributed by atoms with Gasteiger partial charge in [0.2, 0.25) is 0 Å². The molecule has 0 saturated carbocycles. The normalized spacial score (nSPS) is 11.1. The van der Waals surface area contributed by atoms with Gasteiger partial charge in [0, 0.05) is 29.4 Å². The second kappa shape index (κ2) is 6.52. The number of fused-ring (bicyclic) bond motifs is 2. The van der Waals surface area contributed by atoms with Crippen LogP contribution in [0.4, 0.5) is 10.2 Å². The van der Waals surface area contributed by atoms with E-state index < -0.39 is 0 Å². The van der Waals surface area contributed by atoms with Crippen LogP contribution < -0.4 is 10.6 Å². The van der Waals surface area contributed by atoms with Gasteiger partial charge in [0.05, 0.1) is 4.70 Å². The predicted octanol–water partition coefficient (Wildman–Crippen LogP) is 3.76. The number of hydrogen-bond acceptors (Lipinski definition) is 4. The summed E-state index contributed by atoms with van der Waals surface area (Å²) in [5.41, 5.74) is 1.15. The molecule has 4 rings (SSSR count). The third kappa shape index (κ3) is 3.18. The molecule has 25 heavy (non-hydrogen) atoms. The van der Waals surface area contributed by atoms with Gasteiger partial charge in [0.1, 0.15) is 17.3 Å². The molecule has 0 aliphatic rings. The zero-order valence-electron chi connectivity index (χ0n) is 13.2. The first-order chi connectivity index (χ1) is 12.2. The molecule has 0 aliphatic heterocycles. The van der Waals surface area contributed by atoms with E-state index in [0.717, 1.165) is 21.4 Å². The van der Waals surface area contributed by atoms with Crippen LogP contribution in [0.3, 0.4) is 0 Å². The van der Waals surface area contributed by atoms with E-state index in [1.807, 2.05) is 24.3 Å². The van der Waals surface area contributed by atoms with Gasteiger partial charge in [0.25, 0.3) is 5.91 Å². The van der Waals surface area contributed by atoms with Crippen LogP contribution in [0.25, 0.3) is 21.0 Å². The second-order valence-electron chi connectivity index (χ2n) is 5.62. The van der Waals surface area contributed by atoms with Gasteiger partial charge in [-0.05, 0) is 47.9 Å². The van der Waals surface area contributed by atoms with Gasteiger partial charge in [-0.15, -0.1) is 0 Å². The van der Waals surface area contributed by atoms with Crippen LogP contribution in [-0.4, -0.2) is 28.4 Å².